The summed E-state index contributed by atoms with van der Waals surface area (Å²) in [4.78, 5) is 0. The lowest BCUT2D eigenvalue weighted by Gasteiger charge is -2.24. The lowest BCUT2D eigenvalue weighted by molar-refractivity contribution is 0.127. The quantitative estimate of drug-likeness (QED) is 0.749. The second-order valence-electron chi connectivity index (χ2n) is 3.82. The molecule has 0 bridgehead atoms. The number of hydrogen-bond acceptors (Lipinski definition) is 3. The molecule has 1 aromatic carbocycles. The highest BCUT2D eigenvalue weighted by molar-refractivity contribution is 6.46. The molecule has 0 spiro atoms. The number of rotatable bonds is 3. The maximum Gasteiger partial charge on any atom is 0.475 e. The SMILES string of the molecule is NC(Cc1ccccc1)B1OCCCO1. The Kier molecular flexibility index (Phi) is 3.77. The van der Waals surface area contributed by atoms with Crippen LogP contribution in [-0.2, 0) is 15.7 Å². The maximum atomic E-state index is 6.03. The van der Waals surface area contributed by atoms with Gasteiger partial charge in [-0.15, -0.1) is 0 Å². The lowest BCUT2D eigenvalue weighted by atomic mass is 9.75. The molecule has 0 aliphatic carbocycles. The van der Waals surface area contributed by atoms with Gasteiger partial charge in [0.2, 0.25) is 0 Å². The molecule has 0 saturated carbocycles. The molecule has 4 heteroatoms. The summed E-state index contributed by atoms with van der Waals surface area (Å²) >= 11 is 0. The zero-order valence-electron chi connectivity index (χ0n) is 8.76. The first-order chi connectivity index (χ1) is 7.36. The summed E-state index contributed by atoms with van der Waals surface area (Å²) in [5.74, 6) is -0.0762. The van der Waals surface area contributed by atoms with Crippen molar-refractivity contribution in [3.05, 3.63) is 35.9 Å². The largest absolute Gasteiger partial charge is 0.475 e. The van der Waals surface area contributed by atoms with E-state index in [0.29, 0.717) is 0 Å². The number of nitrogens with two attached hydrogens (primary N) is 1. The van der Waals surface area contributed by atoms with Crippen LogP contribution in [0.3, 0.4) is 0 Å². The molecule has 1 atom stereocenters. The van der Waals surface area contributed by atoms with Crippen LogP contribution >= 0.6 is 0 Å². The summed E-state index contributed by atoms with van der Waals surface area (Å²) in [7, 11) is -0.237. The standard InChI is InChI=1S/C11H16BNO2/c13-11(12-14-7-4-8-15-12)9-10-5-2-1-3-6-10/h1-3,5-6,11H,4,7-9,13H2. The highest BCUT2D eigenvalue weighted by Crippen LogP contribution is 2.08. The summed E-state index contributed by atoms with van der Waals surface area (Å²) in [6.45, 7) is 1.51. The molecule has 15 heavy (non-hydrogen) atoms. The molecule has 1 fully saturated rings. The highest BCUT2D eigenvalue weighted by atomic mass is 16.6. The molecule has 0 aromatic heterocycles. The van der Waals surface area contributed by atoms with Gasteiger partial charge in [-0.2, -0.15) is 0 Å². The van der Waals surface area contributed by atoms with Gasteiger partial charge in [0.15, 0.2) is 0 Å². The van der Waals surface area contributed by atoms with Gasteiger partial charge in [-0.3, -0.25) is 0 Å². The normalized spacial score (nSPS) is 18.9. The van der Waals surface area contributed by atoms with Crippen LogP contribution in [-0.4, -0.2) is 26.3 Å². The van der Waals surface area contributed by atoms with E-state index in [0.717, 1.165) is 26.1 Å². The molecule has 2 rings (SSSR count). The van der Waals surface area contributed by atoms with Crippen LogP contribution < -0.4 is 5.73 Å². The van der Waals surface area contributed by atoms with Crippen molar-refractivity contribution in [3.8, 4) is 0 Å². The van der Waals surface area contributed by atoms with E-state index < -0.39 is 0 Å². The average Bonchev–Trinajstić information content (AvgIpc) is 2.31. The van der Waals surface area contributed by atoms with E-state index in [9.17, 15) is 0 Å². The fourth-order valence-corrected chi connectivity index (χ4v) is 1.74. The molecule has 1 aliphatic rings. The summed E-state index contributed by atoms with van der Waals surface area (Å²) in [6, 6.07) is 10.2. The third-order valence-corrected chi connectivity index (χ3v) is 2.52. The Labute approximate surface area is 90.7 Å². The van der Waals surface area contributed by atoms with Crippen LogP contribution in [0.15, 0.2) is 30.3 Å². The molecule has 1 heterocycles. The van der Waals surface area contributed by atoms with E-state index in [4.69, 9.17) is 15.0 Å². The van der Waals surface area contributed by atoms with Crippen LogP contribution in [0.4, 0.5) is 0 Å². The molecule has 3 nitrogen and oxygen atoms in total. The summed E-state index contributed by atoms with van der Waals surface area (Å²) in [5.41, 5.74) is 7.26. The van der Waals surface area contributed by atoms with Gasteiger partial charge in [0.05, 0.1) is 0 Å². The highest BCUT2D eigenvalue weighted by Gasteiger charge is 2.29. The van der Waals surface area contributed by atoms with Crippen LogP contribution in [0.25, 0.3) is 0 Å². The lowest BCUT2D eigenvalue weighted by Crippen LogP contribution is -2.47. The van der Waals surface area contributed by atoms with E-state index in [1.165, 1.54) is 5.56 Å². The van der Waals surface area contributed by atoms with Crippen molar-refractivity contribution in [1.82, 2.24) is 0 Å². The van der Waals surface area contributed by atoms with Gasteiger partial charge < -0.3 is 15.0 Å². The average molecular weight is 205 g/mol. The molecule has 1 aromatic rings. The zero-order chi connectivity index (χ0) is 10.5. The molecule has 80 valence electrons. The second-order valence-corrected chi connectivity index (χ2v) is 3.82. The minimum Gasteiger partial charge on any atom is -0.410 e. The topological polar surface area (TPSA) is 44.5 Å². The Morgan fingerprint density at radius 1 is 1.20 bits per heavy atom. The van der Waals surface area contributed by atoms with Crippen LogP contribution in [0, 0.1) is 0 Å². The molecule has 1 aliphatic heterocycles. The minimum absolute atomic E-state index is 0.0762. The van der Waals surface area contributed by atoms with Gasteiger partial charge in [0.25, 0.3) is 0 Å². The Morgan fingerprint density at radius 2 is 1.87 bits per heavy atom. The number of hydrogen-bond donors (Lipinski definition) is 1. The molecule has 0 radical (unpaired) electrons. The predicted molar refractivity (Wildman–Crippen MR) is 60.4 cm³/mol. The predicted octanol–water partition coefficient (Wildman–Crippen LogP) is 1.02. The van der Waals surface area contributed by atoms with Crippen molar-refractivity contribution in [2.75, 3.05) is 13.2 Å². The fourth-order valence-electron chi connectivity index (χ4n) is 1.74. The molecular formula is C11H16BNO2. The summed E-state index contributed by atoms with van der Waals surface area (Å²) in [6.07, 6.45) is 1.76. The van der Waals surface area contributed by atoms with Crippen molar-refractivity contribution in [2.24, 2.45) is 5.73 Å². The monoisotopic (exact) mass is 205 g/mol. The van der Waals surface area contributed by atoms with Gasteiger partial charge in [-0.25, -0.2) is 0 Å². The first kappa shape index (κ1) is 10.7. The van der Waals surface area contributed by atoms with Crippen LogP contribution in [0.1, 0.15) is 12.0 Å². The smallest absolute Gasteiger partial charge is 0.410 e. The first-order valence-corrected chi connectivity index (χ1v) is 5.39. The van der Waals surface area contributed by atoms with Gasteiger partial charge >= 0.3 is 7.12 Å². The van der Waals surface area contributed by atoms with E-state index >= 15 is 0 Å². The van der Waals surface area contributed by atoms with Crippen molar-refractivity contribution < 1.29 is 9.31 Å². The van der Waals surface area contributed by atoms with Crippen molar-refractivity contribution >= 4 is 7.12 Å². The molecule has 2 N–H and O–H groups in total. The van der Waals surface area contributed by atoms with E-state index in [-0.39, 0.29) is 13.1 Å². The van der Waals surface area contributed by atoms with E-state index in [1.54, 1.807) is 0 Å². The van der Waals surface area contributed by atoms with Crippen LogP contribution in [0.5, 0.6) is 0 Å². The first-order valence-electron chi connectivity index (χ1n) is 5.39. The summed E-state index contributed by atoms with van der Waals surface area (Å²) < 4.78 is 10.9. The van der Waals surface area contributed by atoms with E-state index in [1.807, 2.05) is 18.2 Å². The third kappa shape index (κ3) is 3.06. The molecule has 1 saturated heterocycles. The number of benzene rings is 1. The van der Waals surface area contributed by atoms with Gasteiger partial charge in [-0.05, 0) is 18.4 Å². The molecule has 0 amide bonds. The zero-order valence-corrected chi connectivity index (χ0v) is 8.76. The summed E-state index contributed by atoms with van der Waals surface area (Å²) in [5, 5.41) is 0. The van der Waals surface area contributed by atoms with Gasteiger partial charge in [-0.1, -0.05) is 30.3 Å². The van der Waals surface area contributed by atoms with Gasteiger partial charge in [0.1, 0.15) is 0 Å². The van der Waals surface area contributed by atoms with E-state index in [2.05, 4.69) is 12.1 Å². The van der Waals surface area contributed by atoms with Crippen molar-refractivity contribution in [1.29, 1.82) is 0 Å². The second kappa shape index (κ2) is 5.30. The Hall–Kier alpha value is -0.835. The Balaban J connectivity index is 1.88. The Bertz CT molecular complexity index is 288. The van der Waals surface area contributed by atoms with Crippen molar-refractivity contribution in [3.63, 3.8) is 0 Å². The molecular weight excluding hydrogens is 189 g/mol. The Morgan fingerprint density at radius 3 is 2.53 bits per heavy atom. The third-order valence-electron chi connectivity index (χ3n) is 2.52. The van der Waals surface area contributed by atoms with Crippen molar-refractivity contribution in [2.45, 2.75) is 18.8 Å². The maximum absolute atomic E-state index is 6.03. The van der Waals surface area contributed by atoms with Crippen LogP contribution in [0.2, 0.25) is 0 Å². The minimum atomic E-state index is -0.237. The van der Waals surface area contributed by atoms with Gasteiger partial charge in [0, 0.05) is 19.2 Å². The molecule has 1 unspecified atom stereocenters. The fraction of sp³-hybridized carbons (Fsp3) is 0.455.